The molecule has 0 aliphatic carbocycles. The third kappa shape index (κ3) is 3.52. The van der Waals surface area contributed by atoms with Crippen LogP contribution < -0.4 is 4.74 Å². The topological polar surface area (TPSA) is 74.8 Å². The molecular weight excluding hydrogens is 380 g/mol. The lowest BCUT2D eigenvalue weighted by Gasteiger charge is -2.34. The zero-order valence-corrected chi connectivity index (χ0v) is 17.9. The highest BCUT2D eigenvalue weighted by Crippen LogP contribution is 2.37. The van der Waals surface area contributed by atoms with E-state index in [1.807, 2.05) is 55.5 Å². The van der Waals surface area contributed by atoms with Gasteiger partial charge in [-0.3, -0.25) is 4.90 Å². The molecule has 1 aliphatic rings. The Labute approximate surface area is 176 Å². The second-order valence-corrected chi connectivity index (χ2v) is 8.51. The van der Waals surface area contributed by atoms with Crippen LogP contribution in [0.2, 0.25) is 0 Å². The van der Waals surface area contributed by atoms with Crippen molar-refractivity contribution < 1.29 is 19.4 Å². The average Bonchev–Trinajstić information content (AvgIpc) is 3.08. The molecule has 1 saturated heterocycles. The van der Waals surface area contributed by atoms with Gasteiger partial charge in [-0.05, 0) is 63.4 Å². The molecule has 1 amide bonds. The molecule has 158 valence electrons. The van der Waals surface area contributed by atoms with Gasteiger partial charge < -0.3 is 19.6 Å². The van der Waals surface area contributed by atoms with Crippen LogP contribution in [0.1, 0.15) is 37.6 Å². The first-order chi connectivity index (χ1) is 14.2. The molecule has 2 aromatic carbocycles. The van der Waals surface area contributed by atoms with Crippen molar-refractivity contribution in [3.05, 3.63) is 65.4 Å². The van der Waals surface area contributed by atoms with Gasteiger partial charge in [0.2, 0.25) is 0 Å². The predicted molar refractivity (Wildman–Crippen MR) is 115 cm³/mol. The van der Waals surface area contributed by atoms with Crippen molar-refractivity contribution >= 4 is 17.0 Å². The number of nitrogens with one attached hydrogen (secondary N) is 1. The van der Waals surface area contributed by atoms with E-state index < -0.39 is 17.4 Å². The minimum absolute atomic E-state index is 0.359. The Morgan fingerprint density at radius 3 is 2.53 bits per heavy atom. The fraction of sp³-hybridized carbons (Fsp3) is 0.375. The Morgan fingerprint density at radius 2 is 1.87 bits per heavy atom. The average molecular weight is 408 g/mol. The molecule has 2 heterocycles. The zero-order chi connectivity index (χ0) is 21.5. The van der Waals surface area contributed by atoms with E-state index in [1.54, 1.807) is 20.8 Å². The van der Waals surface area contributed by atoms with E-state index in [0.717, 1.165) is 33.5 Å². The highest BCUT2D eigenvalue weighted by Gasteiger charge is 2.56. The summed E-state index contributed by atoms with van der Waals surface area (Å²) in [4.78, 5) is 17.1. The molecule has 0 bridgehead atoms. The minimum atomic E-state index is -1.37. The lowest BCUT2D eigenvalue weighted by Crippen LogP contribution is -2.54. The fourth-order valence-corrected chi connectivity index (χ4v) is 3.92. The Balaban J connectivity index is 1.54. The van der Waals surface area contributed by atoms with E-state index >= 15 is 0 Å². The first kappa shape index (κ1) is 20.3. The summed E-state index contributed by atoms with van der Waals surface area (Å²) >= 11 is 0. The summed E-state index contributed by atoms with van der Waals surface area (Å²) in [5.74, 6) is 0.792. The zero-order valence-electron chi connectivity index (χ0n) is 17.9. The molecule has 0 spiro atoms. The summed E-state index contributed by atoms with van der Waals surface area (Å²) in [7, 11) is 0. The number of fused-ring (bicyclic) bond motifs is 1. The van der Waals surface area contributed by atoms with Gasteiger partial charge in [0, 0.05) is 23.1 Å². The summed E-state index contributed by atoms with van der Waals surface area (Å²) in [5.41, 5.74) is 1.94. The number of aliphatic hydroxyl groups is 1. The Morgan fingerprint density at radius 1 is 1.13 bits per heavy atom. The maximum absolute atomic E-state index is 12.3. The van der Waals surface area contributed by atoms with Gasteiger partial charge in [0.05, 0.1) is 0 Å². The molecule has 3 aromatic rings. The van der Waals surface area contributed by atoms with Gasteiger partial charge in [0.15, 0.2) is 11.3 Å². The van der Waals surface area contributed by atoms with Crippen molar-refractivity contribution in [3.8, 4) is 5.75 Å². The van der Waals surface area contributed by atoms with Gasteiger partial charge in [-0.15, -0.1) is 0 Å². The molecule has 1 atom stereocenters. The number of hydrogen-bond donors (Lipinski definition) is 2. The van der Waals surface area contributed by atoms with Crippen LogP contribution in [0.3, 0.4) is 0 Å². The molecule has 6 heteroatoms. The largest absolute Gasteiger partial charge is 0.489 e. The van der Waals surface area contributed by atoms with E-state index in [9.17, 15) is 9.90 Å². The van der Waals surface area contributed by atoms with Gasteiger partial charge in [-0.2, -0.15) is 0 Å². The number of benzene rings is 2. The summed E-state index contributed by atoms with van der Waals surface area (Å²) in [6, 6.07) is 16.0. The summed E-state index contributed by atoms with van der Waals surface area (Å²) in [6.07, 6.45) is 0.101. The second kappa shape index (κ2) is 7.36. The monoisotopic (exact) mass is 408 g/mol. The van der Waals surface area contributed by atoms with Crippen LogP contribution in [0.4, 0.5) is 4.79 Å². The number of carbonyl (C=O) groups excluding carboxylic acids is 1. The maximum atomic E-state index is 12.3. The second-order valence-electron chi connectivity index (χ2n) is 8.51. The van der Waals surface area contributed by atoms with Crippen LogP contribution in [0.5, 0.6) is 5.75 Å². The van der Waals surface area contributed by atoms with E-state index in [2.05, 4.69) is 4.98 Å². The normalized spacial score (nSPS) is 20.6. The molecule has 0 radical (unpaired) electrons. The Hall–Kier alpha value is -2.99. The number of carbonyl (C=O) groups is 1. The molecule has 0 saturated carbocycles. The van der Waals surface area contributed by atoms with Crippen molar-refractivity contribution in [2.75, 3.05) is 6.54 Å². The van der Waals surface area contributed by atoms with Crippen LogP contribution in [0.15, 0.2) is 48.5 Å². The van der Waals surface area contributed by atoms with Gasteiger partial charge in [0.25, 0.3) is 0 Å². The molecule has 1 fully saturated rings. The molecule has 4 rings (SSSR count). The standard InChI is InChI=1S/C24H28N2O4/c1-16-19(12-13-26-22(27)30-23(2,3)24(26,4)28)20-14-18(10-11-21(20)25-16)29-15-17-8-6-5-7-9-17/h5-11,14,25,28H,12-13,15H2,1-4H3/t24-/m0/s1. The number of rotatable bonds is 6. The molecule has 6 nitrogen and oxygen atoms in total. The number of cyclic esters (lactones) is 1. The number of nitrogens with zero attached hydrogens (tertiary/aromatic N) is 1. The first-order valence-electron chi connectivity index (χ1n) is 10.2. The quantitative estimate of drug-likeness (QED) is 0.628. The van der Waals surface area contributed by atoms with Crippen molar-refractivity contribution in [2.45, 2.75) is 52.0 Å². The summed E-state index contributed by atoms with van der Waals surface area (Å²) in [5, 5.41) is 11.9. The Kier molecular flexibility index (Phi) is 4.98. The van der Waals surface area contributed by atoms with E-state index in [1.165, 1.54) is 4.90 Å². The van der Waals surface area contributed by atoms with E-state index in [4.69, 9.17) is 9.47 Å². The Bertz CT molecular complexity index is 1070. The number of aromatic amines is 1. The molecule has 30 heavy (non-hydrogen) atoms. The molecule has 1 aliphatic heterocycles. The van der Waals surface area contributed by atoms with Crippen molar-refractivity contribution in [1.29, 1.82) is 0 Å². The number of hydrogen-bond acceptors (Lipinski definition) is 4. The van der Waals surface area contributed by atoms with E-state index in [0.29, 0.717) is 19.6 Å². The molecule has 1 aromatic heterocycles. The van der Waals surface area contributed by atoms with Crippen molar-refractivity contribution in [3.63, 3.8) is 0 Å². The molecular formula is C24H28N2O4. The van der Waals surface area contributed by atoms with Gasteiger partial charge in [-0.25, -0.2) is 4.79 Å². The highest BCUT2D eigenvalue weighted by atomic mass is 16.6. The summed E-state index contributed by atoms with van der Waals surface area (Å²) in [6.45, 7) is 7.94. The predicted octanol–water partition coefficient (Wildman–Crippen LogP) is 4.54. The third-order valence-corrected chi connectivity index (χ3v) is 6.15. The fourth-order valence-electron chi connectivity index (χ4n) is 3.92. The van der Waals surface area contributed by atoms with Crippen LogP contribution in [0.25, 0.3) is 10.9 Å². The highest BCUT2D eigenvalue weighted by molar-refractivity contribution is 5.86. The number of H-pyrrole nitrogens is 1. The third-order valence-electron chi connectivity index (χ3n) is 6.15. The van der Waals surface area contributed by atoms with Crippen LogP contribution in [0, 0.1) is 6.92 Å². The summed E-state index contributed by atoms with van der Waals surface area (Å²) < 4.78 is 11.3. The minimum Gasteiger partial charge on any atom is -0.489 e. The lowest BCUT2D eigenvalue weighted by molar-refractivity contribution is -0.126. The molecule has 0 unspecified atom stereocenters. The van der Waals surface area contributed by atoms with Crippen molar-refractivity contribution in [1.82, 2.24) is 9.88 Å². The first-order valence-corrected chi connectivity index (χ1v) is 10.2. The van der Waals surface area contributed by atoms with Gasteiger partial charge in [0.1, 0.15) is 12.4 Å². The van der Waals surface area contributed by atoms with Crippen molar-refractivity contribution in [2.24, 2.45) is 0 Å². The number of amides is 1. The SMILES string of the molecule is Cc1[nH]c2ccc(OCc3ccccc3)cc2c1CCN1C(=O)OC(C)(C)[C@]1(C)O. The van der Waals surface area contributed by atoms with E-state index in [-0.39, 0.29) is 0 Å². The van der Waals surface area contributed by atoms with Crippen LogP contribution in [-0.4, -0.2) is 39.0 Å². The van der Waals surface area contributed by atoms with Crippen LogP contribution >= 0.6 is 0 Å². The lowest BCUT2D eigenvalue weighted by atomic mass is 9.95. The van der Waals surface area contributed by atoms with Gasteiger partial charge in [-0.1, -0.05) is 30.3 Å². The number of ether oxygens (including phenoxy) is 2. The molecule has 2 N–H and O–H groups in total. The van der Waals surface area contributed by atoms with Gasteiger partial charge >= 0.3 is 6.09 Å². The smallest absolute Gasteiger partial charge is 0.412 e. The number of aromatic nitrogens is 1. The number of aryl methyl sites for hydroxylation is 1. The van der Waals surface area contributed by atoms with Crippen LogP contribution in [-0.2, 0) is 17.8 Å². The maximum Gasteiger partial charge on any atom is 0.412 e.